The minimum absolute atomic E-state index is 0.642. The van der Waals surface area contributed by atoms with Crippen molar-refractivity contribution in [2.24, 2.45) is 0 Å². The largest absolute Gasteiger partial charge is 0.377 e. The lowest BCUT2D eigenvalue weighted by Gasteiger charge is -2.10. The molecule has 0 aliphatic heterocycles. The smallest absolute Gasteiger partial charge is 0.0720 e. The van der Waals surface area contributed by atoms with E-state index in [2.05, 4.69) is 12.1 Å². The first-order valence-corrected chi connectivity index (χ1v) is 8.29. The number of hydrogen-bond donors (Lipinski definition) is 0. The van der Waals surface area contributed by atoms with Gasteiger partial charge in [0.15, 0.2) is 0 Å². The average molecular weight is 319 g/mol. The van der Waals surface area contributed by atoms with Gasteiger partial charge >= 0.3 is 0 Å². The molecule has 0 atom stereocenters. The summed E-state index contributed by atoms with van der Waals surface area (Å²) < 4.78 is 11.4. The molecule has 1 aromatic carbocycles. The molecule has 1 aromatic rings. The van der Waals surface area contributed by atoms with E-state index in [-0.39, 0.29) is 0 Å². The molecule has 0 radical (unpaired) electrons. The molecule has 0 fully saturated rings. The number of halogens is 2. The van der Waals surface area contributed by atoms with Gasteiger partial charge in [-0.05, 0) is 36.8 Å². The number of unbranched alkanes of at least 4 members (excludes halogenated alkanes) is 2. The maximum absolute atomic E-state index is 5.68. The van der Waals surface area contributed by atoms with Crippen molar-refractivity contribution in [2.75, 3.05) is 25.0 Å². The molecule has 0 bridgehead atoms. The number of ether oxygens (including phenoxy) is 2. The standard InChI is InChI=1S/C16H24Cl2O2/c17-9-3-5-11-19-13-15-7-1-2-8-16(15)14-20-12-6-4-10-18/h1-2,7-8H,3-6,9-14H2. The van der Waals surface area contributed by atoms with Gasteiger partial charge in [-0.3, -0.25) is 0 Å². The van der Waals surface area contributed by atoms with Crippen LogP contribution in [-0.4, -0.2) is 25.0 Å². The highest BCUT2D eigenvalue weighted by Gasteiger charge is 2.02. The highest BCUT2D eigenvalue weighted by molar-refractivity contribution is 6.18. The SMILES string of the molecule is ClCCCCOCc1ccccc1COCCCCCl. The second-order valence-electron chi connectivity index (χ2n) is 4.67. The fourth-order valence-electron chi connectivity index (χ4n) is 1.80. The first-order valence-electron chi connectivity index (χ1n) is 7.22. The molecule has 114 valence electrons. The van der Waals surface area contributed by atoms with Crippen molar-refractivity contribution in [1.82, 2.24) is 0 Å². The average Bonchev–Trinajstić information content (AvgIpc) is 2.48. The first kappa shape index (κ1) is 17.8. The third kappa shape index (κ3) is 8.11. The zero-order chi connectivity index (χ0) is 14.5. The van der Waals surface area contributed by atoms with Crippen LogP contribution in [0.2, 0.25) is 0 Å². The quantitative estimate of drug-likeness (QED) is 0.408. The number of benzene rings is 1. The number of alkyl halides is 2. The maximum Gasteiger partial charge on any atom is 0.0720 e. The molecule has 0 unspecified atom stereocenters. The molecule has 4 heteroatoms. The molecule has 0 aliphatic carbocycles. The molecule has 0 saturated heterocycles. The van der Waals surface area contributed by atoms with Crippen LogP contribution in [0.4, 0.5) is 0 Å². The molecule has 0 aliphatic rings. The minimum Gasteiger partial charge on any atom is -0.377 e. The molecular weight excluding hydrogens is 295 g/mol. The van der Waals surface area contributed by atoms with Crippen molar-refractivity contribution in [3.05, 3.63) is 35.4 Å². The van der Waals surface area contributed by atoms with Crippen LogP contribution >= 0.6 is 23.2 Å². The van der Waals surface area contributed by atoms with Crippen LogP contribution in [0.5, 0.6) is 0 Å². The first-order chi connectivity index (χ1) is 9.88. The summed E-state index contributed by atoms with van der Waals surface area (Å²) in [5.41, 5.74) is 2.41. The van der Waals surface area contributed by atoms with Gasteiger partial charge in [0, 0.05) is 25.0 Å². The molecule has 1 rings (SSSR count). The lowest BCUT2D eigenvalue weighted by molar-refractivity contribution is 0.104. The van der Waals surface area contributed by atoms with E-state index in [9.17, 15) is 0 Å². The van der Waals surface area contributed by atoms with Crippen LogP contribution < -0.4 is 0 Å². The van der Waals surface area contributed by atoms with Crippen LogP contribution in [0.3, 0.4) is 0 Å². The monoisotopic (exact) mass is 318 g/mol. The summed E-state index contributed by atoms with van der Waals surface area (Å²) in [7, 11) is 0. The molecule has 0 N–H and O–H groups in total. The third-order valence-corrected chi connectivity index (χ3v) is 3.51. The van der Waals surface area contributed by atoms with Crippen LogP contribution in [0.25, 0.3) is 0 Å². The maximum atomic E-state index is 5.68. The fourth-order valence-corrected chi connectivity index (χ4v) is 2.18. The summed E-state index contributed by atoms with van der Waals surface area (Å²) >= 11 is 11.3. The second kappa shape index (κ2) is 12.5. The van der Waals surface area contributed by atoms with Crippen LogP contribution in [0, 0.1) is 0 Å². The van der Waals surface area contributed by atoms with E-state index in [1.54, 1.807) is 0 Å². The van der Waals surface area contributed by atoms with Gasteiger partial charge in [-0.15, -0.1) is 23.2 Å². The molecule has 0 amide bonds. The van der Waals surface area contributed by atoms with Crippen LogP contribution in [0.15, 0.2) is 24.3 Å². The van der Waals surface area contributed by atoms with Gasteiger partial charge in [-0.2, -0.15) is 0 Å². The summed E-state index contributed by atoms with van der Waals surface area (Å²) in [5.74, 6) is 1.41. The third-order valence-electron chi connectivity index (χ3n) is 2.98. The minimum atomic E-state index is 0.642. The van der Waals surface area contributed by atoms with E-state index in [1.807, 2.05) is 12.1 Å². The number of rotatable bonds is 12. The van der Waals surface area contributed by atoms with E-state index < -0.39 is 0 Å². The van der Waals surface area contributed by atoms with Gasteiger partial charge in [0.25, 0.3) is 0 Å². The zero-order valence-electron chi connectivity index (χ0n) is 12.0. The predicted octanol–water partition coefficient (Wildman–Crippen LogP) is 4.76. The van der Waals surface area contributed by atoms with E-state index >= 15 is 0 Å². The van der Waals surface area contributed by atoms with Crippen LogP contribution in [-0.2, 0) is 22.7 Å². The molecule has 20 heavy (non-hydrogen) atoms. The van der Waals surface area contributed by atoms with E-state index in [0.717, 1.165) is 38.9 Å². The van der Waals surface area contributed by atoms with Crippen molar-refractivity contribution in [1.29, 1.82) is 0 Å². The van der Waals surface area contributed by atoms with Crippen molar-refractivity contribution in [2.45, 2.75) is 38.9 Å². The summed E-state index contributed by atoms with van der Waals surface area (Å²) in [4.78, 5) is 0. The van der Waals surface area contributed by atoms with Crippen molar-refractivity contribution in [3.8, 4) is 0 Å². The normalized spacial score (nSPS) is 10.9. The fraction of sp³-hybridized carbons (Fsp3) is 0.625. The zero-order valence-corrected chi connectivity index (χ0v) is 13.5. The Labute approximate surface area is 132 Å². The van der Waals surface area contributed by atoms with Gasteiger partial charge in [0.1, 0.15) is 0 Å². The molecule has 0 spiro atoms. The molecular formula is C16H24Cl2O2. The van der Waals surface area contributed by atoms with Gasteiger partial charge in [0.2, 0.25) is 0 Å². The van der Waals surface area contributed by atoms with Gasteiger partial charge in [-0.1, -0.05) is 24.3 Å². The van der Waals surface area contributed by atoms with Crippen molar-refractivity contribution < 1.29 is 9.47 Å². The van der Waals surface area contributed by atoms with Crippen LogP contribution in [0.1, 0.15) is 36.8 Å². The lowest BCUT2D eigenvalue weighted by atomic mass is 10.1. The summed E-state index contributed by atoms with van der Waals surface area (Å²) in [6, 6.07) is 8.26. The Kier molecular flexibility index (Phi) is 11.1. The Hall–Kier alpha value is -0.280. The topological polar surface area (TPSA) is 18.5 Å². The second-order valence-corrected chi connectivity index (χ2v) is 5.42. The Morgan fingerprint density at radius 2 is 1.15 bits per heavy atom. The van der Waals surface area contributed by atoms with Gasteiger partial charge in [0.05, 0.1) is 13.2 Å². The van der Waals surface area contributed by atoms with E-state index in [1.165, 1.54) is 11.1 Å². The van der Waals surface area contributed by atoms with Gasteiger partial charge < -0.3 is 9.47 Å². The summed E-state index contributed by atoms with van der Waals surface area (Å²) in [6.45, 7) is 2.81. The molecule has 0 aromatic heterocycles. The Balaban J connectivity index is 2.27. The Bertz CT molecular complexity index is 312. The Morgan fingerprint density at radius 1 is 0.700 bits per heavy atom. The van der Waals surface area contributed by atoms with Crippen molar-refractivity contribution >= 4 is 23.2 Å². The van der Waals surface area contributed by atoms with Gasteiger partial charge in [-0.25, -0.2) is 0 Å². The van der Waals surface area contributed by atoms with E-state index in [0.29, 0.717) is 25.0 Å². The highest BCUT2D eigenvalue weighted by atomic mass is 35.5. The molecule has 2 nitrogen and oxygen atoms in total. The van der Waals surface area contributed by atoms with E-state index in [4.69, 9.17) is 32.7 Å². The number of hydrogen-bond acceptors (Lipinski definition) is 2. The highest BCUT2D eigenvalue weighted by Crippen LogP contribution is 2.12. The van der Waals surface area contributed by atoms with Crippen molar-refractivity contribution in [3.63, 3.8) is 0 Å². The molecule has 0 saturated carbocycles. The lowest BCUT2D eigenvalue weighted by Crippen LogP contribution is -2.02. The molecule has 0 heterocycles. The summed E-state index contributed by atoms with van der Waals surface area (Å²) in [5, 5.41) is 0. The Morgan fingerprint density at radius 3 is 1.55 bits per heavy atom. The predicted molar refractivity (Wildman–Crippen MR) is 85.7 cm³/mol. The summed E-state index contributed by atoms with van der Waals surface area (Å²) in [6.07, 6.45) is 4.04.